The van der Waals surface area contributed by atoms with Gasteiger partial charge in [-0.1, -0.05) is 36.4 Å². The van der Waals surface area contributed by atoms with Gasteiger partial charge in [0, 0.05) is 13.3 Å². The number of aryl methyl sites for hydroxylation is 1. The molecule has 0 unspecified atom stereocenters. The number of rotatable bonds is 2. The molecule has 1 heteroatoms. The van der Waals surface area contributed by atoms with Crippen molar-refractivity contribution in [2.75, 3.05) is 7.05 Å². The SMILES string of the molecule is C/C=C\c1c(C)ccc2cc(C=NC)ccc12. The van der Waals surface area contributed by atoms with Crippen LogP contribution in [0.2, 0.25) is 0 Å². The van der Waals surface area contributed by atoms with Gasteiger partial charge in [0.15, 0.2) is 0 Å². The van der Waals surface area contributed by atoms with Crippen LogP contribution >= 0.6 is 0 Å². The van der Waals surface area contributed by atoms with Crippen molar-refractivity contribution >= 4 is 23.1 Å². The van der Waals surface area contributed by atoms with Crippen LogP contribution in [0.25, 0.3) is 16.8 Å². The third kappa shape index (κ3) is 2.28. The van der Waals surface area contributed by atoms with Gasteiger partial charge in [0.05, 0.1) is 0 Å². The largest absolute Gasteiger partial charge is 0.296 e. The van der Waals surface area contributed by atoms with Crippen molar-refractivity contribution in [2.24, 2.45) is 4.99 Å². The van der Waals surface area contributed by atoms with Gasteiger partial charge in [0.25, 0.3) is 0 Å². The van der Waals surface area contributed by atoms with Crippen molar-refractivity contribution in [3.05, 3.63) is 53.1 Å². The van der Waals surface area contributed by atoms with Crippen LogP contribution in [-0.4, -0.2) is 13.3 Å². The van der Waals surface area contributed by atoms with Gasteiger partial charge in [-0.25, -0.2) is 0 Å². The summed E-state index contributed by atoms with van der Waals surface area (Å²) in [5.74, 6) is 0. The normalized spacial score (nSPS) is 11.9. The highest BCUT2D eigenvalue weighted by Crippen LogP contribution is 2.24. The average molecular weight is 223 g/mol. The van der Waals surface area contributed by atoms with Crippen LogP contribution in [0.15, 0.2) is 41.4 Å². The van der Waals surface area contributed by atoms with Gasteiger partial charge in [0.2, 0.25) is 0 Å². The second-order valence-corrected chi connectivity index (χ2v) is 4.16. The van der Waals surface area contributed by atoms with Crippen LogP contribution in [0, 0.1) is 6.92 Å². The number of hydrogen-bond donors (Lipinski definition) is 0. The summed E-state index contributed by atoms with van der Waals surface area (Å²) in [4.78, 5) is 4.05. The molecule has 0 aliphatic carbocycles. The minimum absolute atomic E-state index is 1.15. The Hall–Kier alpha value is -1.89. The number of nitrogens with zero attached hydrogens (tertiary/aromatic N) is 1. The Morgan fingerprint density at radius 3 is 2.65 bits per heavy atom. The lowest BCUT2D eigenvalue weighted by Crippen LogP contribution is -1.87. The molecule has 86 valence electrons. The Bertz CT molecular complexity index is 592. The molecule has 2 aromatic carbocycles. The number of allylic oxidation sites excluding steroid dienone is 1. The molecule has 0 N–H and O–H groups in total. The van der Waals surface area contributed by atoms with E-state index >= 15 is 0 Å². The quantitative estimate of drug-likeness (QED) is 0.676. The molecule has 0 atom stereocenters. The summed E-state index contributed by atoms with van der Waals surface area (Å²) in [6.45, 7) is 4.20. The standard InChI is InChI=1S/C16H17N/c1-4-5-15-12(2)6-8-14-10-13(11-17-3)7-9-16(14)15/h4-11H,1-3H3/b5-4-,17-11?. The van der Waals surface area contributed by atoms with Gasteiger partial charge in [-0.2, -0.15) is 0 Å². The van der Waals surface area contributed by atoms with E-state index < -0.39 is 0 Å². The van der Waals surface area contributed by atoms with Crippen LogP contribution in [-0.2, 0) is 0 Å². The van der Waals surface area contributed by atoms with E-state index in [9.17, 15) is 0 Å². The minimum atomic E-state index is 1.15. The summed E-state index contributed by atoms with van der Waals surface area (Å²) in [6.07, 6.45) is 6.14. The average Bonchev–Trinajstić information content (AvgIpc) is 2.33. The number of aliphatic imine (C=N–C) groups is 1. The molecular formula is C16H17N. The van der Waals surface area contributed by atoms with Crippen molar-refractivity contribution < 1.29 is 0 Å². The maximum absolute atomic E-state index is 4.05. The predicted octanol–water partition coefficient (Wildman–Crippen LogP) is 4.23. The molecule has 0 saturated heterocycles. The van der Waals surface area contributed by atoms with E-state index in [0.717, 1.165) is 5.56 Å². The summed E-state index contributed by atoms with van der Waals surface area (Å²) < 4.78 is 0. The Morgan fingerprint density at radius 2 is 1.94 bits per heavy atom. The maximum Gasteiger partial charge on any atom is 0.0281 e. The van der Waals surface area contributed by atoms with Crippen molar-refractivity contribution in [2.45, 2.75) is 13.8 Å². The Balaban J connectivity index is 2.70. The van der Waals surface area contributed by atoms with E-state index in [-0.39, 0.29) is 0 Å². The molecular weight excluding hydrogens is 206 g/mol. The monoisotopic (exact) mass is 223 g/mol. The first-order valence-corrected chi connectivity index (χ1v) is 5.84. The molecule has 2 rings (SSSR count). The molecule has 0 heterocycles. The zero-order valence-electron chi connectivity index (χ0n) is 10.6. The van der Waals surface area contributed by atoms with E-state index in [1.165, 1.54) is 21.9 Å². The van der Waals surface area contributed by atoms with Crippen LogP contribution in [0.1, 0.15) is 23.6 Å². The fourth-order valence-electron chi connectivity index (χ4n) is 2.10. The van der Waals surface area contributed by atoms with Gasteiger partial charge in [0.1, 0.15) is 0 Å². The van der Waals surface area contributed by atoms with Gasteiger partial charge in [-0.3, -0.25) is 4.99 Å². The topological polar surface area (TPSA) is 12.4 Å². The second kappa shape index (κ2) is 4.96. The van der Waals surface area contributed by atoms with E-state index in [2.05, 4.69) is 61.3 Å². The molecule has 0 spiro atoms. The fourth-order valence-corrected chi connectivity index (χ4v) is 2.10. The highest BCUT2D eigenvalue weighted by Gasteiger charge is 2.02. The van der Waals surface area contributed by atoms with Gasteiger partial charge >= 0.3 is 0 Å². The van der Waals surface area contributed by atoms with Gasteiger partial charge in [-0.15, -0.1) is 0 Å². The second-order valence-electron chi connectivity index (χ2n) is 4.16. The molecule has 0 amide bonds. The van der Waals surface area contributed by atoms with Gasteiger partial charge < -0.3 is 0 Å². The highest BCUT2D eigenvalue weighted by atomic mass is 14.6. The Kier molecular flexibility index (Phi) is 3.38. The summed E-state index contributed by atoms with van der Waals surface area (Å²) in [7, 11) is 1.80. The summed E-state index contributed by atoms with van der Waals surface area (Å²) in [6, 6.07) is 10.8. The first-order chi connectivity index (χ1) is 8.26. The molecule has 2 aromatic rings. The molecule has 0 aliphatic heterocycles. The molecule has 0 bridgehead atoms. The summed E-state index contributed by atoms with van der Waals surface area (Å²) >= 11 is 0. The van der Waals surface area contributed by atoms with Crippen molar-refractivity contribution in [1.82, 2.24) is 0 Å². The number of hydrogen-bond acceptors (Lipinski definition) is 1. The third-order valence-electron chi connectivity index (χ3n) is 2.92. The number of benzene rings is 2. The molecule has 0 fully saturated rings. The lowest BCUT2D eigenvalue weighted by molar-refractivity contribution is 1.46. The molecule has 0 aromatic heterocycles. The van der Waals surface area contributed by atoms with Crippen LogP contribution in [0.4, 0.5) is 0 Å². The zero-order valence-corrected chi connectivity index (χ0v) is 10.6. The molecule has 17 heavy (non-hydrogen) atoms. The highest BCUT2D eigenvalue weighted by molar-refractivity contribution is 5.95. The fraction of sp³-hybridized carbons (Fsp3) is 0.188. The van der Waals surface area contributed by atoms with Crippen LogP contribution in [0.5, 0.6) is 0 Å². The summed E-state index contributed by atoms with van der Waals surface area (Å²) in [5.41, 5.74) is 3.77. The van der Waals surface area contributed by atoms with E-state index in [1.807, 2.05) is 6.21 Å². The van der Waals surface area contributed by atoms with Crippen molar-refractivity contribution in [3.8, 4) is 0 Å². The van der Waals surface area contributed by atoms with Crippen molar-refractivity contribution in [1.29, 1.82) is 0 Å². The Labute approximate surface area is 103 Å². The Morgan fingerprint density at radius 1 is 1.12 bits per heavy atom. The van der Waals surface area contributed by atoms with Crippen LogP contribution < -0.4 is 0 Å². The van der Waals surface area contributed by atoms with E-state index in [0.29, 0.717) is 0 Å². The van der Waals surface area contributed by atoms with Gasteiger partial charge in [-0.05, 0) is 47.4 Å². The lowest BCUT2D eigenvalue weighted by Gasteiger charge is -2.07. The molecule has 0 aliphatic rings. The van der Waals surface area contributed by atoms with E-state index in [4.69, 9.17) is 0 Å². The minimum Gasteiger partial charge on any atom is -0.296 e. The summed E-state index contributed by atoms with van der Waals surface area (Å²) in [5, 5.41) is 2.57. The maximum atomic E-state index is 4.05. The first-order valence-electron chi connectivity index (χ1n) is 5.84. The molecule has 0 saturated carbocycles. The van der Waals surface area contributed by atoms with Crippen molar-refractivity contribution in [3.63, 3.8) is 0 Å². The van der Waals surface area contributed by atoms with E-state index in [1.54, 1.807) is 7.05 Å². The number of fused-ring (bicyclic) bond motifs is 1. The third-order valence-corrected chi connectivity index (χ3v) is 2.92. The molecule has 0 radical (unpaired) electrons. The van der Waals surface area contributed by atoms with Crippen LogP contribution in [0.3, 0.4) is 0 Å². The zero-order chi connectivity index (χ0) is 12.3. The molecule has 1 nitrogen and oxygen atoms in total. The lowest BCUT2D eigenvalue weighted by atomic mass is 9.98. The first kappa shape index (κ1) is 11.6. The predicted molar refractivity (Wildman–Crippen MR) is 76.9 cm³/mol. The smallest absolute Gasteiger partial charge is 0.0281 e.